The Hall–Kier alpha value is -2.70. The lowest BCUT2D eigenvalue weighted by Gasteiger charge is -2.35. The van der Waals surface area contributed by atoms with E-state index in [2.05, 4.69) is 4.98 Å². The minimum atomic E-state index is -0.645. The molecule has 0 bridgehead atoms. The van der Waals surface area contributed by atoms with Crippen molar-refractivity contribution in [3.63, 3.8) is 0 Å². The summed E-state index contributed by atoms with van der Waals surface area (Å²) in [5, 5.41) is 0. The molecule has 1 atom stereocenters. The Labute approximate surface area is 163 Å². The first-order valence-electron chi connectivity index (χ1n) is 9.14. The molecule has 0 unspecified atom stereocenters. The Bertz CT molecular complexity index is 909. The minimum absolute atomic E-state index is 0.217. The third kappa shape index (κ3) is 4.24. The van der Waals surface area contributed by atoms with Gasteiger partial charge in [-0.25, -0.2) is 18.6 Å². The van der Waals surface area contributed by atoms with Gasteiger partial charge in [-0.15, -0.1) is 0 Å². The van der Waals surface area contributed by atoms with Crippen LogP contribution in [0.3, 0.4) is 0 Å². The van der Waals surface area contributed by atoms with Crippen LogP contribution < -0.4 is 9.64 Å². The van der Waals surface area contributed by atoms with Gasteiger partial charge in [-0.05, 0) is 57.9 Å². The zero-order valence-electron chi connectivity index (χ0n) is 16.7. The number of carbonyl (C=O) groups is 1. The maximum Gasteiger partial charge on any atom is 0.415 e. The number of benzene rings is 1. The van der Waals surface area contributed by atoms with Crippen LogP contribution in [0.5, 0.6) is 5.88 Å². The van der Waals surface area contributed by atoms with E-state index in [1.807, 2.05) is 6.92 Å². The first kappa shape index (κ1) is 20.0. The van der Waals surface area contributed by atoms with Crippen LogP contribution in [0.4, 0.5) is 19.3 Å². The van der Waals surface area contributed by atoms with Crippen molar-refractivity contribution in [2.75, 3.05) is 11.5 Å². The summed E-state index contributed by atoms with van der Waals surface area (Å²) in [6.45, 7) is 9.33. The Morgan fingerprint density at radius 3 is 2.64 bits per heavy atom. The lowest BCUT2D eigenvalue weighted by atomic mass is 10.0. The van der Waals surface area contributed by atoms with Gasteiger partial charge in [0.25, 0.3) is 0 Å². The number of halogens is 2. The van der Waals surface area contributed by atoms with Gasteiger partial charge in [-0.2, -0.15) is 0 Å². The van der Waals surface area contributed by atoms with E-state index in [4.69, 9.17) is 9.47 Å². The van der Waals surface area contributed by atoms with Gasteiger partial charge in [0.1, 0.15) is 29.5 Å². The monoisotopic (exact) mass is 390 g/mol. The smallest absolute Gasteiger partial charge is 0.415 e. The highest BCUT2D eigenvalue weighted by Gasteiger charge is 2.34. The topological polar surface area (TPSA) is 51.7 Å². The number of aromatic nitrogens is 1. The van der Waals surface area contributed by atoms with Crippen molar-refractivity contribution < 1.29 is 23.0 Å². The molecule has 0 fully saturated rings. The average Bonchev–Trinajstić information content (AvgIpc) is 2.56. The van der Waals surface area contributed by atoms with Crippen LogP contribution in [0.15, 0.2) is 24.3 Å². The number of nitrogens with zero attached hydrogens (tertiary/aromatic N) is 2. The van der Waals surface area contributed by atoms with Crippen LogP contribution in [0.25, 0.3) is 0 Å². The summed E-state index contributed by atoms with van der Waals surface area (Å²) in [4.78, 5) is 18.7. The summed E-state index contributed by atoms with van der Waals surface area (Å²) in [7, 11) is 0. The summed E-state index contributed by atoms with van der Waals surface area (Å²) in [6.07, 6.45) is -0.275. The molecule has 1 aliphatic heterocycles. The maximum absolute atomic E-state index is 14.1. The molecule has 0 radical (unpaired) electrons. The van der Waals surface area contributed by atoms with Crippen LogP contribution in [0.2, 0.25) is 0 Å². The Kier molecular flexibility index (Phi) is 5.28. The number of ether oxygens (including phenoxy) is 2. The third-order valence-corrected chi connectivity index (χ3v) is 4.41. The van der Waals surface area contributed by atoms with Crippen LogP contribution in [0.1, 0.15) is 44.5 Å². The lowest BCUT2D eigenvalue weighted by molar-refractivity contribution is 0.0546. The SMILES string of the molecule is Cc1nc2c(cc1Cc1ccc(F)cc1F)N(C(=O)OC(C)(C)C)[C@@H](C)CO2. The van der Waals surface area contributed by atoms with E-state index in [1.54, 1.807) is 33.8 Å². The van der Waals surface area contributed by atoms with Crippen molar-refractivity contribution in [3.05, 3.63) is 52.7 Å². The van der Waals surface area contributed by atoms with E-state index >= 15 is 0 Å². The second-order valence-corrected chi connectivity index (χ2v) is 7.98. The van der Waals surface area contributed by atoms with Gasteiger partial charge >= 0.3 is 6.09 Å². The van der Waals surface area contributed by atoms with Gasteiger partial charge in [-0.3, -0.25) is 4.90 Å². The molecule has 1 aromatic carbocycles. The van der Waals surface area contributed by atoms with Crippen molar-refractivity contribution >= 4 is 11.8 Å². The number of hydrogen-bond donors (Lipinski definition) is 0. The molecule has 0 saturated carbocycles. The van der Waals surface area contributed by atoms with Crippen molar-refractivity contribution in [2.45, 2.75) is 52.7 Å². The molecule has 7 heteroatoms. The number of amides is 1. The summed E-state index contributed by atoms with van der Waals surface area (Å²) in [5.41, 5.74) is 1.56. The number of aryl methyl sites for hydroxylation is 1. The van der Waals surface area contributed by atoms with E-state index in [0.717, 1.165) is 11.6 Å². The van der Waals surface area contributed by atoms with Gasteiger partial charge in [0.05, 0.1) is 6.04 Å². The molecule has 1 amide bonds. The summed E-state index contributed by atoms with van der Waals surface area (Å²) in [5.74, 6) is -0.907. The molecule has 2 heterocycles. The molecule has 2 aromatic rings. The normalized spacial score (nSPS) is 16.4. The highest BCUT2D eigenvalue weighted by Crippen LogP contribution is 2.35. The number of carbonyl (C=O) groups excluding carboxylic acids is 1. The molecule has 0 N–H and O–H groups in total. The van der Waals surface area contributed by atoms with E-state index in [1.165, 1.54) is 17.0 Å². The molecule has 5 nitrogen and oxygen atoms in total. The molecule has 1 aromatic heterocycles. The van der Waals surface area contributed by atoms with Crippen LogP contribution in [-0.2, 0) is 11.2 Å². The first-order valence-corrected chi connectivity index (χ1v) is 9.14. The van der Waals surface area contributed by atoms with Crippen molar-refractivity contribution in [2.24, 2.45) is 0 Å². The standard InChI is InChI=1S/C21H24F2N2O3/c1-12-11-27-19-18(25(12)20(26)28-21(3,4)5)9-15(13(2)24-19)8-14-6-7-16(22)10-17(14)23/h6-7,9-10,12H,8,11H2,1-5H3/t12-/m0/s1. The van der Waals surface area contributed by atoms with Crippen LogP contribution >= 0.6 is 0 Å². The fraction of sp³-hybridized carbons (Fsp3) is 0.429. The van der Waals surface area contributed by atoms with Crippen LogP contribution in [-0.4, -0.2) is 29.3 Å². The summed E-state index contributed by atoms with van der Waals surface area (Å²) < 4.78 is 38.5. The summed E-state index contributed by atoms with van der Waals surface area (Å²) in [6, 6.07) is 5.00. The molecule has 28 heavy (non-hydrogen) atoms. The summed E-state index contributed by atoms with van der Waals surface area (Å²) >= 11 is 0. The van der Waals surface area contributed by atoms with Gasteiger partial charge in [0.15, 0.2) is 0 Å². The Morgan fingerprint density at radius 2 is 2.00 bits per heavy atom. The lowest BCUT2D eigenvalue weighted by Crippen LogP contribution is -2.47. The van der Waals surface area contributed by atoms with E-state index in [0.29, 0.717) is 29.4 Å². The predicted octanol–water partition coefficient (Wildman–Crippen LogP) is 4.78. The molecule has 150 valence electrons. The number of pyridine rings is 1. The van der Waals surface area contributed by atoms with Gasteiger partial charge in [-0.1, -0.05) is 6.07 Å². The largest absolute Gasteiger partial charge is 0.474 e. The number of rotatable bonds is 2. The molecule has 1 aliphatic rings. The van der Waals surface area contributed by atoms with Crippen molar-refractivity contribution in [1.82, 2.24) is 4.98 Å². The van der Waals surface area contributed by atoms with Crippen molar-refractivity contribution in [1.29, 1.82) is 0 Å². The highest BCUT2D eigenvalue weighted by atomic mass is 19.1. The van der Waals surface area contributed by atoms with E-state index in [9.17, 15) is 13.6 Å². The molecule has 0 saturated heterocycles. The number of fused-ring (bicyclic) bond motifs is 1. The predicted molar refractivity (Wildman–Crippen MR) is 102 cm³/mol. The van der Waals surface area contributed by atoms with Gasteiger partial charge < -0.3 is 9.47 Å². The van der Waals surface area contributed by atoms with E-state index in [-0.39, 0.29) is 12.5 Å². The van der Waals surface area contributed by atoms with Gasteiger partial charge in [0, 0.05) is 18.2 Å². The van der Waals surface area contributed by atoms with Gasteiger partial charge in [0.2, 0.25) is 5.88 Å². The third-order valence-electron chi connectivity index (χ3n) is 4.41. The zero-order valence-corrected chi connectivity index (χ0v) is 16.7. The molecule has 3 rings (SSSR count). The minimum Gasteiger partial charge on any atom is -0.474 e. The zero-order chi connectivity index (χ0) is 20.6. The maximum atomic E-state index is 14.1. The molecular weight excluding hydrogens is 366 g/mol. The van der Waals surface area contributed by atoms with E-state index < -0.39 is 23.3 Å². The highest BCUT2D eigenvalue weighted by molar-refractivity contribution is 5.90. The first-order chi connectivity index (χ1) is 13.0. The second-order valence-electron chi connectivity index (χ2n) is 7.98. The Balaban J connectivity index is 1.99. The number of anilines is 1. The van der Waals surface area contributed by atoms with Crippen molar-refractivity contribution in [3.8, 4) is 5.88 Å². The fourth-order valence-corrected chi connectivity index (χ4v) is 3.04. The molecule has 0 spiro atoms. The quantitative estimate of drug-likeness (QED) is 0.740. The second kappa shape index (κ2) is 7.37. The molecular formula is C21H24F2N2O3. The molecule has 0 aliphatic carbocycles. The average molecular weight is 390 g/mol. The fourth-order valence-electron chi connectivity index (χ4n) is 3.04. The Morgan fingerprint density at radius 1 is 1.29 bits per heavy atom. The number of hydrogen-bond acceptors (Lipinski definition) is 4. The van der Waals surface area contributed by atoms with Crippen LogP contribution in [0, 0.1) is 18.6 Å².